The highest BCUT2D eigenvalue weighted by atomic mass is 16.5. The van der Waals surface area contributed by atoms with Crippen LogP contribution in [0.25, 0.3) is 28.0 Å². The number of rotatable bonds is 4. The van der Waals surface area contributed by atoms with Crippen molar-refractivity contribution in [1.29, 1.82) is 0 Å². The molecule has 1 amide bonds. The van der Waals surface area contributed by atoms with Gasteiger partial charge >= 0.3 is 0 Å². The number of benzene rings is 1. The molecule has 1 aromatic carbocycles. The number of ether oxygens (including phenoxy) is 1. The zero-order chi connectivity index (χ0) is 27.3. The molecule has 2 aliphatic rings. The minimum absolute atomic E-state index is 0.122. The van der Waals surface area contributed by atoms with E-state index in [1.165, 1.54) is 6.33 Å². The Balaban J connectivity index is 1.45. The van der Waals surface area contributed by atoms with E-state index >= 15 is 0 Å². The van der Waals surface area contributed by atoms with Crippen molar-refractivity contribution in [3.8, 4) is 22.5 Å². The van der Waals surface area contributed by atoms with Crippen LogP contribution in [0.1, 0.15) is 45.2 Å². The average molecular weight is 530 g/mol. The fraction of sp³-hybridized carbons (Fsp3) is 0.464. The minimum Gasteiger partial charge on any atom is -0.382 e. The lowest BCUT2D eigenvalue weighted by atomic mass is 10.0. The van der Waals surface area contributed by atoms with Gasteiger partial charge in [-0.1, -0.05) is 5.21 Å². The zero-order valence-electron chi connectivity index (χ0n) is 22.9. The normalized spacial score (nSPS) is 20.6. The van der Waals surface area contributed by atoms with E-state index in [1.54, 1.807) is 13.1 Å². The van der Waals surface area contributed by atoms with E-state index in [4.69, 9.17) is 10.5 Å². The molecule has 6 rings (SSSR count). The fourth-order valence-electron chi connectivity index (χ4n) is 6.25. The molecular weight excluding hydrogens is 494 g/mol. The van der Waals surface area contributed by atoms with Gasteiger partial charge in [0.1, 0.15) is 11.8 Å². The number of nitrogens with two attached hydrogens (primary N) is 1. The van der Waals surface area contributed by atoms with Crippen LogP contribution in [-0.4, -0.2) is 78.8 Å². The molecule has 0 radical (unpaired) electrons. The number of carbonyl (C=O) groups is 1. The molecule has 204 valence electrons. The Morgan fingerprint density at radius 2 is 1.79 bits per heavy atom. The molecule has 2 N–H and O–H groups in total. The van der Waals surface area contributed by atoms with E-state index in [0.29, 0.717) is 32.1 Å². The first-order chi connectivity index (χ1) is 18.8. The van der Waals surface area contributed by atoms with E-state index in [2.05, 4.69) is 70.3 Å². The van der Waals surface area contributed by atoms with Crippen molar-refractivity contribution in [3.05, 3.63) is 42.4 Å². The van der Waals surface area contributed by atoms with Crippen molar-refractivity contribution in [2.24, 2.45) is 0 Å². The van der Waals surface area contributed by atoms with Crippen molar-refractivity contribution in [3.63, 3.8) is 0 Å². The molecule has 0 bridgehead atoms. The molecule has 2 saturated heterocycles. The van der Waals surface area contributed by atoms with E-state index in [1.807, 2.05) is 14.1 Å². The summed E-state index contributed by atoms with van der Waals surface area (Å²) >= 11 is 0. The third kappa shape index (κ3) is 4.50. The molecule has 0 saturated carbocycles. The van der Waals surface area contributed by atoms with Crippen molar-refractivity contribution in [2.75, 3.05) is 36.9 Å². The summed E-state index contributed by atoms with van der Waals surface area (Å²) in [6.07, 6.45) is 5.05. The van der Waals surface area contributed by atoms with Gasteiger partial charge in [0.15, 0.2) is 5.82 Å². The zero-order valence-corrected chi connectivity index (χ0v) is 22.9. The molecule has 2 aliphatic heterocycles. The molecule has 3 aromatic heterocycles. The number of fused-ring (bicyclic) bond motifs is 1. The molecular formula is C28H35N9O2. The summed E-state index contributed by atoms with van der Waals surface area (Å²) in [5, 5.41) is 13.3. The van der Waals surface area contributed by atoms with Gasteiger partial charge in [-0.2, -0.15) is 5.10 Å². The molecule has 39 heavy (non-hydrogen) atoms. The number of carbonyl (C=O) groups excluding carboxylic acids is 1. The number of aryl methyl sites for hydroxylation is 1. The van der Waals surface area contributed by atoms with Crippen LogP contribution in [0.2, 0.25) is 0 Å². The number of piperazine rings is 1. The lowest BCUT2D eigenvalue weighted by Crippen LogP contribution is -2.58. The standard InChI is InChI=1S/C28H35N9O2/c1-17-9-21(11-23(10-17)35-18(2)14-34(20(4)38)15-19(35)3)25-12-24(27-28(29)30-16-32-37(25)27)26-13-31-33-36(26)22-5-7-39-8-6-22/h9-13,16,18-19,22H,5-8,14-15H2,1-4H3,(H2,29,30,32). The van der Waals surface area contributed by atoms with E-state index in [0.717, 1.165) is 52.1 Å². The Kier molecular flexibility index (Phi) is 6.46. The van der Waals surface area contributed by atoms with Crippen molar-refractivity contribution >= 4 is 22.9 Å². The quantitative estimate of drug-likeness (QED) is 0.428. The maximum Gasteiger partial charge on any atom is 0.219 e. The largest absolute Gasteiger partial charge is 0.382 e. The minimum atomic E-state index is 0.122. The average Bonchev–Trinajstić information content (AvgIpc) is 3.54. The van der Waals surface area contributed by atoms with Crippen LogP contribution in [0, 0.1) is 6.92 Å². The van der Waals surface area contributed by atoms with Crippen LogP contribution >= 0.6 is 0 Å². The highest BCUT2D eigenvalue weighted by molar-refractivity contribution is 5.91. The summed E-state index contributed by atoms with van der Waals surface area (Å²) < 4.78 is 9.44. The summed E-state index contributed by atoms with van der Waals surface area (Å²) in [7, 11) is 0. The van der Waals surface area contributed by atoms with Gasteiger partial charge in [0.2, 0.25) is 5.91 Å². The lowest BCUT2D eigenvalue weighted by molar-refractivity contribution is -0.130. The maximum absolute atomic E-state index is 12.1. The Labute approximate surface area is 227 Å². The number of hydrogen-bond acceptors (Lipinski definition) is 8. The molecule has 2 atom stereocenters. The van der Waals surface area contributed by atoms with E-state index < -0.39 is 0 Å². The number of hydrogen-bond donors (Lipinski definition) is 1. The van der Waals surface area contributed by atoms with Crippen LogP contribution in [0.5, 0.6) is 0 Å². The fourth-order valence-corrected chi connectivity index (χ4v) is 6.25. The smallest absolute Gasteiger partial charge is 0.219 e. The predicted molar refractivity (Wildman–Crippen MR) is 149 cm³/mol. The molecule has 11 nitrogen and oxygen atoms in total. The predicted octanol–water partition coefficient (Wildman–Crippen LogP) is 3.34. The molecule has 0 aliphatic carbocycles. The Morgan fingerprint density at radius 1 is 1.05 bits per heavy atom. The Bertz CT molecular complexity index is 1510. The molecule has 2 unspecified atom stereocenters. The van der Waals surface area contributed by atoms with Crippen LogP contribution in [0.3, 0.4) is 0 Å². The van der Waals surface area contributed by atoms with Crippen molar-refractivity contribution < 1.29 is 9.53 Å². The molecule has 0 spiro atoms. The summed E-state index contributed by atoms with van der Waals surface area (Å²) in [6.45, 7) is 10.9. The number of nitrogens with zero attached hydrogens (tertiary/aromatic N) is 8. The molecule has 2 fully saturated rings. The van der Waals surface area contributed by atoms with Crippen molar-refractivity contribution in [1.82, 2.24) is 34.5 Å². The van der Waals surface area contributed by atoms with Gasteiger partial charge in [-0.3, -0.25) is 4.79 Å². The summed E-state index contributed by atoms with van der Waals surface area (Å²) in [6, 6.07) is 9.29. The Hall–Kier alpha value is -3.99. The van der Waals surface area contributed by atoms with Crippen LogP contribution in [0.15, 0.2) is 36.8 Å². The van der Waals surface area contributed by atoms with Gasteiger partial charge in [-0.05, 0) is 63.4 Å². The van der Waals surface area contributed by atoms with Gasteiger partial charge in [-0.25, -0.2) is 14.2 Å². The second-order valence-corrected chi connectivity index (χ2v) is 10.8. The summed E-state index contributed by atoms with van der Waals surface area (Å²) in [5.74, 6) is 0.527. The first kappa shape index (κ1) is 25.3. The third-order valence-electron chi connectivity index (χ3n) is 7.99. The Morgan fingerprint density at radius 3 is 2.51 bits per heavy atom. The van der Waals surface area contributed by atoms with Gasteiger partial charge in [0.05, 0.1) is 23.6 Å². The van der Waals surface area contributed by atoms with Crippen LogP contribution in [-0.2, 0) is 9.53 Å². The highest BCUT2D eigenvalue weighted by Crippen LogP contribution is 2.38. The molecule has 4 aromatic rings. The number of nitrogen functional groups attached to an aromatic ring is 1. The van der Waals surface area contributed by atoms with Gasteiger partial charge in [-0.15, -0.1) is 5.10 Å². The van der Waals surface area contributed by atoms with Gasteiger partial charge in [0.25, 0.3) is 0 Å². The van der Waals surface area contributed by atoms with Crippen LogP contribution < -0.4 is 10.6 Å². The second kappa shape index (κ2) is 9.96. The maximum atomic E-state index is 12.1. The van der Waals surface area contributed by atoms with Gasteiger partial charge in [0, 0.05) is 62.1 Å². The second-order valence-electron chi connectivity index (χ2n) is 10.8. The number of anilines is 2. The van der Waals surface area contributed by atoms with Crippen molar-refractivity contribution in [2.45, 2.75) is 58.7 Å². The molecule has 5 heterocycles. The van der Waals surface area contributed by atoms with E-state index in [-0.39, 0.29) is 24.0 Å². The monoisotopic (exact) mass is 529 g/mol. The lowest BCUT2D eigenvalue weighted by Gasteiger charge is -2.45. The van der Waals surface area contributed by atoms with Crippen LogP contribution in [0.4, 0.5) is 11.5 Å². The van der Waals surface area contributed by atoms with Gasteiger partial charge < -0.3 is 20.3 Å². The topological polar surface area (TPSA) is 120 Å². The molecule has 11 heteroatoms. The first-order valence-corrected chi connectivity index (χ1v) is 13.6. The summed E-state index contributed by atoms with van der Waals surface area (Å²) in [4.78, 5) is 20.7. The summed E-state index contributed by atoms with van der Waals surface area (Å²) in [5.41, 5.74) is 13.2. The number of aromatic nitrogens is 6. The van der Waals surface area contributed by atoms with E-state index in [9.17, 15) is 4.79 Å². The third-order valence-corrected chi connectivity index (χ3v) is 7.99. The first-order valence-electron chi connectivity index (χ1n) is 13.6. The number of amides is 1. The highest BCUT2D eigenvalue weighted by Gasteiger charge is 2.31. The SMILES string of the molecule is CC(=O)N1CC(C)N(c2cc(C)cc(-c3cc(-c4cnnn4C4CCOCC4)c4c(N)ncnn34)c2)C(C)C1.